The molecule has 3 aromatic rings. The molecule has 0 spiro atoms. The average molecular weight is 424 g/mol. The van der Waals surface area contributed by atoms with Crippen molar-refractivity contribution in [2.45, 2.75) is 24.7 Å². The van der Waals surface area contributed by atoms with Gasteiger partial charge in [-0.3, -0.25) is 4.79 Å². The molecule has 0 radical (unpaired) electrons. The summed E-state index contributed by atoms with van der Waals surface area (Å²) in [6.45, 7) is 3.94. The van der Waals surface area contributed by atoms with E-state index in [-0.39, 0.29) is 22.6 Å². The fourth-order valence-electron chi connectivity index (χ4n) is 2.83. The molecule has 0 fully saturated rings. The highest BCUT2D eigenvalue weighted by atomic mass is 35.5. The second-order valence-electron chi connectivity index (χ2n) is 6.46. The lowest BCUT2D eigenvalue weighted by Gasteiger charge is -2.20. The molecule has 3 rings (SSSR count). The molecule has 0 aliphatic rings. The van der Waals surface area contributed by atoms with Crippen LogP contribution >= 0.6 is 22.9 Å². The van der Waals surface area contributed by atoms with Crippen molar-refractivity contribution in [3.05, 3.63) is 53.1 Å². The van der Waals surface area contributed by atoms with E-state index >= 15 is 0 Å². The van der Waals surface area contributed by atoms with Gasteiger partial charge in [0.1, 0.15) is 0 Å². The number of thiazole rings is 1. The van der Waals surface area contributed by atoms with E-state index in [1.807, 2.05) is 26.0 Å². The van der Waals surface area contributed by atoms with Gasteiger partial charge in [0.25, 0.3) is 0 Å². The van der Waals surface area contributed by atoms with Gasteiger partial charge >= 0.3 is 0 Å². The van der Waals surface area contributed by atoms with Gasteiger partial charge in [0.2, 0.25) is 15.9 Å². The molecule has 0 aliphatic carbocycles. The standard InChI is InChI=1S/C18H18ClN3O3S2/c1-10(2)16(11-3-5-12(19)6-4-11)17(23)22-18-21-14-8-7-13(27(20,24)25)9-15(14)26-18/h3-10,16H,1-2H3,(H2,20,24,25)(H,21,22,23). The zero-order valence-electron chi connectivity index (χ0n) is 14.6. The number of sulfonamides is 1. The Morgan fingerprint density at radius 2 is 1.85 bits per heavy atom. The maximum atomic E-state index is 12.8. The van der Waals surface area contributed by atoms with Crippen LogP contribution < -0.4 is 10.5 Å². The first-order valence-electron chi connectivity index (χ1n) is 8.15. The van der Waals surface area contributed by atoms with Crippen LogP contribution in [0.15, 0.2) is 47.4 Å². The molecule has 1 atom stereocenters. The van der Waals surface area contributed by atoms with Crippen LogP contribution in [0.3, 0.4) is 0 Å². The number of carbonyl (C=O) groups excluding carboxylic acids is 1. The Balaban J connectivity index is 1.88. The van der Waals surface area contributed by atoms with Crippen molar-refractivity contribution in [3.63, 3.8) is 0 Å². The normalized spacial score (nSPS) is 13.1. The fraction of sp³-hybridized carbons (Fsp3) is 0.222. The van der Waals surface area contributed by atoms with Crippen molar-refractivity contribution in [2.75, 3.05) is 5.32 Å². The summed E-state index contributed by atoms with van der Waals surface area (Å²) in [5.41, 5.74) is 1.46. The highest BCUT2D eigenvalue weighted by Gasteiger charge is 2.25. The van der Waals surface area contributed by atoms with Gasteiger partial charge in [0.05, 0.1) is 21.0 Å². The lowest BCUT2D eigenvalue weighted by atomic mass is 9.88. The predicted molar refractivity (Wildman–Crippen MR) is 109 cm³/mol. The number of amides is 1. The molecule has 6 nitrogen and oxygen atoms in total. The molecule has 3 N–H and O–H groups in total. The third kappa shape index (κ3) is 4.47. The van der Waals surface area contributed by atoms with Crippen LogP contribution in [0.2, 0.25) is 5.02 Å². The number of nitrogens with zero attached hydrogens (tertiary/aromatic N) is 1. The molecule has 0 aliphatic heterocycles. The summed E-state index contributed by atoms with van der Waals surface area (Å²) in [4.78, 5) is 17.2. The smallest absolute Gasteiger partial charge is 0.238 e. The molecular formula is C18H18ClN3O3S2. The topological polar surface area (TPSA) is 102 Å². The largest absolute Gasteiger partial charge is 0.301 e. The van der Waals surface area contributed by atoms with Gasteiger partial charge in [-0.15, -0.1) is 0 Å². The molecule has 1 heterocycles. The molecule has 0 saturated heterocycles. The van der Waals surface area contributed by atoms with Crippen molar-refractivity contribution < 1.29 is 13.2 Å². The number of primary sulfonamides is 1. The van der Waals surface area contributed by atoms with Crippen molar-refractivity contribution in [1.29, 1.82) is 0 Å². The molecule has 1 aromatic heterocycles. The van der Waals surface area contributed by atoms with Crippen LogP contribution in [-0.4, -0.2) is 19.3 Å². The van der Waals surface area contributed by atoms with E-state index < -0.39 is 10.0 Å². The highest BCUT2D eigenvalue weighted by Crippen LogP contribution is 2.31. The highest BCUT2D eigenvalue weighted by molar-refractivity contribution is 7.89. The SMILES string of the molecule is CC(C)C(C(=O)Nc1nc2ccc(S(N)(=O)=O)cc2s1)c1ccc(Cl)cc1. The van der Waals surface area contributed by atoms with E-state index in [4.69, 9.17) is 16.7 Å². The third-order valence-electron chi connectivity index (χ3n) is 4.10. The van der Waals surface area contributed by atoms with E-state index in [1.54, 1.807) is 18.2 Å². The quantitative estimate of drug-likeness (QED) is 0.647. The number of nitrogens with two attached hydrogens (primary N) is 1. The number of rotatable bonds is 5. The number of benzene rings is 2. The Kier molecular flexibility index (Phi) is 5.53. The Hall–Kier alpha value is -2.00. The lowest BCUT2D eigenvalue weighted by molar-refractivity contribution is -0.118. The van der Waals surface area contributed by atoms with E-state index in [2.05, 4.69) is 10.3 Å². The maximum Gasteiger partial charge on any atom is 0.238 e. The van der Waals surface area contributed by atoms with Crippen LogP contribution in [0, 0.1) is 5.92 Å². The van der Waals surface area contributed by atoms with Crippen LogP contribution in [0.4, 0.5) is 5.13 Å². The monoisotopic (exact) mass is 423 g/mol. The van der Waals surface area contributed by atoms with Gasteiger partial charge in [0.15, 0.2) is 5.13 Å². The first-order valence-corrected chi connectivity index (χ1v) is 10.9. The molecule has 1 unspecified atom stereocenters. The van der Waals surface area contributed by atoms with E-state index in [0.717, 1.165) is 5.56 Å². The van der Waals surface area contributed by atoms with Crippen molar-refractivity contribution in [3.8, 4) is 0 Å². The van der Waals surface area contributed by atoms with Crippen LogP contribution in [0.1, 0.15) is 25.3 Å². The average Bonchev–Trinajstić information content (AvgIpc) is 2.97. The lowest BCUT2D eigenvalue weighted by Crippen LogP contribution is -2.25. The second-order valence-corrected chi connectivity index (χ2v) is 9.48. The van der Waals surface area contributed by atoms with Gasteiger partial charge in [-0.1, -0.05) is 48.9 Å². The molecule has 142 valence electrons. The molecule has 0 bridgehead atoms. The second kappa shape index (κ2) is 7.55. The number of anilines is 1. The van der Waals surface area contributed by atoms with E-state index in [0.29, 0.717) is 20.4 Å². The van der Waals surface area contributed by atoms with Gasteiger partial charge in [-0.25, -0.2) is 18.5 Å². The summed E-state index contributed by atoms with van der Waals surface area (Å²) in [7, 11) is -3.79. The Morgan fingerprint density at radius 1 is 1.19 bits per heavy atom. The summed E-state index contributed by atoms with van der Waals surface area (Å²) in [6.07, 6.45) is 0. The Bertz CT molecular complexity index is 1090. The minimum absolute atomic E-state index is 0.0118. The number of hydrogen-bond donors (Lipinski definition) is 2. The third-order valence-corrected chi connectivity index (χ3v) is 6.19. The first kappa shape index (κ1) is 19.8. The van der Waals surface area contributed by atoms with Crippen LogP contribution in [0.25, 0.3) is 10.2 Å². The molecule has 0 saturated carbocycles. The van der Waals surface area contributed by atoms with Crippen LogP contribution in [-0.2, 0) is 14.8 Å². The number of aromatic nitrogens is 1. The maximum absolute atomic E-state index is 12.8. The minimum Gasteiger partial charge on any atom is -0.301 e. The van der Waals surface area contributed by atoms with Gasteiger partial charge < -0.3 is 5.32 Å². The molecule has 2 aromatic carbocycles. The summed E-state index contributed by atoms with van der Waals surface area (Å²) < 4.78 is 23.6. The number of halogens is 1. The summed E-state index contributed by atoms with van der Waals surface area (Å²) in [5.74, 6) is -0.484. The summed E-state index contributed by atoms with van der Waals surface area (Å²) in [5, 5.41) is 9.01. The minimum atomic E-state index is -3.79. The first-order chi connectivity index (χ1) is 12.6. The molecule has 9 heteroatoms. The van der Waals surface area contributed by atoms with Gasteiger partial charge in [0, 0.05) is 5.02 Å². The van der Waals surface area contributed by atoms with Gasteiger partial charge in [-0.05, 0) is 41.8 Å². The Labute approximate surface area is 166 Å². The van der Waals surface area contributed by atoms with Gasteiger partial charge in [-0.2, -0.15) is 0 Å². The van der Waals surface area contributed by atoms with Crippen molar-refractivity contribution in [1.82, 2.24) is 4.98 Å². The van der Waals surface area contributed by atoms with E-state index in [1.165, 1.54) is 23.5 Å². The number of carbonyl (C=O) groups is 1. The molecular weight excluding hydrogens is 406 g/mol. The zero-order chi connectivity index (χ0) is 19.8. The Morgan fingerprint density at radius 3 is 2.44 bits per heavy atom. The summed E-state index contributed by atoms with van der Waals surface area (Å²) >= 11 is 7.13. The molecule has 27 heavy (non-hydrogen) atoms. The van der Waals surface area contributed by atoms with Crippen molar-refractivity contribution in [2.24, 2.45) is 11.1 Å². The van der Waals surface area contributed by atoms with Crippen LogP contribution in [0.5, 0.6) is 0 Å². The van der Waals surface area contributed by atoms with Crippen molar-refractivity contribution >= 4 is 54.2 Å². The predicted octanol–water partition coefficient (Wildman–Crippen LogP) is 3.98. The molecule has 1 amide bonds. The fourth-order valence-corrected chi connectivity index (χ4v) is 4.48. The zero-order valence-corrected chi connectivity index (χ0v) is 17.0. The summed E-state index contributed by atoms with van der Waals surface area (Å²) in [6, 6.07) is 11.6. The number of nitrogens with one attached hydrogen (secondary N) is 1. The number of hydrogen-bond acceptors (Lipinski definition) is 5. The van der Waals surface area contributed by atoms with E-state index in [9.17, 15) is 13.2 Å². The number of fused-ring (bicyclic) bond motifs is 1.